The minimum Gasteiger partial charge on any atom is -0.497 e. The number of hydrogen-bond acceptors (Lipinski definition) is 5. The van der Waals surface area contributed by atoms with Gasteiger partial charge in [-0.3, -0.25) is 13.9 Å². The number of sulfonamides is 1. The van der Waals surface area contributed by atoms with E-state index in [2.05, 4.69) is 5.32 Å². The van der Waals surface area contributed by atoms with Gasteiger partial charge in [-0.05, 0) is 74.2 Å². The molecule has 0 bridgehead atoms. The van der Waals surface area contributed by atoms with Crippen molar-refractivity contribution in [3.8, 4) is 5.75 Å². The number of carbonyl (C=O) groups is 2. The molecule has 0 radical (unpaired) electrons. The SMILES string of the molecule is COc1ccc(CN(C(=O)CN(c2cccc(C)c2)S(=O)(=O)c2ccc(C)cc2)C(C)C(=O)NCC(C)C)cc1. The summed E-state index contributed by atoms with van der Waals surface area (Å²) >= 11 is 0. The first-order valence-electron chi connectivity index (χ1n) is 13.3. The normalized spacial score (nSPS) is 12.1. The Balaban J connectivity index is 2.00. The van der Waals surface area contributed by atoms with Gasteiger partial charge in [0.25, 0.3) is 10.0 Å². The van der Waals surface area contributed by atoms with Gasteiger partial charge >= 0.3 is 0 Å². The Kier molecular flexibility index (Phi) is 10.3. The summed E-state index contributed by atoms with van der Waals surface area (Å²) in [6, 6.07) is 19.9. The third-order valence-corrected chi connectivity index (χ3v) is 8.33. The molecule has 0 aromatic heterocycles. The second kappa shape index (κ2) is 13.5. The van der Waals surface area contributed by atoms with E-state index in [1.807, 2.05) is 45.9 Å². The Morgan fingerprint density at radius 2 is 1.55 bits per heavy atom. The van der Waals surface area contributed by atoms with Gasteiger partial charge in [0.05, 0.1) is 17.7 Å². The largest absolute Gasteiger partial charge is 0.497 e. The first kappa shape index (κ1) is 30.7. The quantitative estimate of drug-likeness (QED) is 0.344. The third kappa shape index (κ3) is 7.85. The molecule has 214 valence electrons. The fourth-order valence-electron chi connectivity index (χ4n) is 4.11. The summed E-state index contributed by atoms with van der Waals surface area (Å²) in [6.45, 7) is 9.47. The highest BCUT2D eigenvalue weighted by Gasteiger charge is 2.32. The molecule has 0 fully saturated rings. The van der Waals surface area contributed by atoms with Crippen LogP contribution in [0.25, 0.3) is 0 Å². The van der Waals surface area contributed by atoms with Crippen molar-refractivity contribution < 1.29 is 22.7 Å². The summed E-state index contributed by atoms with van der Waals surface area (Å²) < 4.78 is 34.1. The maximum absolute atomic E-state index is 14.0. The van der Waals surface area contributed by atoms with Gasteiger partial charge in [0.2, 0.25) is 11.8 Å². The molecule has 0 saturated carbocycles. The first-order valence-corrected chi connectivity index (χ1v) is 14.7. The number of hydrogen-bond donors (Lipinski definition) is 1. The zero-order chi connectivity index (χ0) is 29.4. The second-order valence-electron chi connectivity index (χ2n) is 10.3. The minimum atomic E-state index is -4.10. The van der Waals surface area contributed by atoms with Gasteiger partial charge in [0, 0.05) is 13.1 Å². The number of benzene rings is 3. The molecule has 0 heterocycles. The predicted molar refractivity (Wildman–Crippen MR) is 158 cm³/mol. The molecule has 1 atom stereocenters. The molecule has 0 aliphatic carbocycles. The Hall–Kier alpha value is -3.85. The van der Waals surface area contributed by atoms with E-state index < -0.39 is 28.5 Å². The average molecular weight is 566 g/mol. The third-order valence-electron chi connectivity index (χ3n) is 6.54. The lowest BCUT2D eigenvalue weighted by molar-refractivity contribution is -0.139. The van der Waals surface area contributed by atoms with Gasteiger partial charge in [0.1, 0.15) is 18.3 Å². The van der Waals surface area contributed by atoms with Gasteiger partial charge in [-0.1, -0.05) is 55.8 Å². The van der Waals surface area contributed by atoms with Crippen molar-refractivity contribution in [1.29, 1.82) is 0 Å². The van der Waals surface area contributed by atoms with E-state index in [4.69, 9.17) is 4.74 Å². The number of nitrogens with zero attached hydrogens (tertiary/aromatic N) is 2. The standard InChI is InChI=1S/C31H39N3O5S/c1-22(2)19-32-31(36)25(5)33(20-26-12-14-28(39-6)15-13-26)30(35)21-34(27-9-7-8-24(4)18-27)40(37,38)29-16-10-23(3)11-17-29/h7-18,22,25H,19-21H2,1-6H3,(H,32,36). The van der Waals surface area contributed by atoms with Gasteiger partial charge in [0.15, 0.2) is 0 Å². The van der Waals surface area contributed by atoms with E-state index in [-0.39, 0.29) is 23.3 Å². The van der Waals surface area contributed by atoms with Crippen molar-refractivity contribution in [1.82, 2.24) is 10.2 Å². The molecule has 0 aliphatic heterocycles. The molecular weight excluding hydrogens is 526 g/mol. The van der Waals surface area contributed by atoms with Crippen molar-refractivity contribution in [2.24, 2.45) is 5.92 Å². The minimum absolute atomic E-state index is 0.0804. The van der Waals surface area contributed by atoms with Crippen molar-refractivity contribution in [2.75, 3.05) is 24.5 Å². The average Bonchev–Trinajstić information content (AvgIpc) is 2.93. The lowest BCUT2D eigenvalue weighted by Gasteiger charge is -2.32. The van der Waals surface area contributed by atoms with Gasteiger partial charge in [-0.2, -0.15) is 0 Å². The number of ether oxygens (including phenoxy) is 1. The number of aryl methyl sites for hydroxylation is 2. The van der Waals surface area contributed by atoms with E-state index in [9.17, 15) is 18.0 Å². The van der Waals surface area contributed by atoms with E-state index >= 15 is 0 Å². The van der Waals surface area contributed by atoms with E-state index in [0.717, 1.165) is 21.0 Å². The molecule has 40 heavy (non-hydrogen) atoms. The van der Waals surface area contributed by atoms with Crippen LogP contribution in [-0.4, -0.2) is 51.4 Å². The zero-order valence-corrected chi connectivity index (χ0v) is 24.9. The molecule has 1 N–H and O–H groups in total. The number of anilines is 1. The van der Waals surface area contributed by atoms with Crippen molar-refractivity contribution in [2.45, 2.75) is 52.1 Å². The number of carbonyl (C=O) groups excluding carboxylic acids is 2. The summed E-state index contributed by atoms with van der Waals surface area (Å²) in [5.41, 5.74) is 2.92. The summed E-state index contributed by atoms with van der Waals surface area (Å²) in [6.07, 6.45) is 0. The highest BCUT2D eigenvalue weighted by Crippen LogP contribution is 2.26. The number of nitrogens with one attached hydrogen (secondary N) is 1. The van der Waals surface area contributed by atoms with Crippen molar-refractivity contribution in [3.05, 3.63) is 89.5 Å². The monoisotopic (exact) mass is 565 g/mol. The van der Waals surface area contributed by atoms with Crippen LogP contribution in [0, 0.1) is 19.8 Å². The van der Waals surface area contributed by atoms with Crippen LogP contribution in [-0.2, 0) is 26.2 Å². The van der Waals surface area contributed by atoms with E-state index in [1.54, 1.807) is 56.5 Å². The van der Waals surface area contributed by atoms with Crippen LogP contribution in [0.15, 0.2) is 77.7 Å². The van der Waals surface area contributed by atoms with Crippen LogP contribution in [0.4, 0.5) is 5.69 Å². The molecule has 9 heteroatoms. The van der Waals surface area contributed by atoms with Gasteiger partial charge < -0.3 is 15.0 Å². The Bertz CT molecular complexity index is 1400. The molecule has 0 aliphatic rings. The van der Waals surface area contributed by atoms with Crippen molar-refractivity contribution >= 4 is 27.5 Å². The highest BCUT2D eigenvalue weighted by atomic mass is 32.2. The highest BCUT2D eigenvalue weighted by molar-refractivity contribution is 7.92. The molecular formula is C31H39N3O5S. The predicted octanol–water partition coefficient (Wildman–Crippen LogP) is 4.70. The molecule has 2 amide bonds. The lowest BCUT2D eigenvalue weighted by Crippen LogP contribution is -2.51. The van der Waals surface area contributed by atoms with Crippen LogP contribution in [0.1, 0.15) is 37.5 Å². The van der Waals surface area contributed by atoms with Crippen LogP contribution >= 0.6 is 0 Å². The topological polar surface area (TPSA) is 96.0 Å². The molecule has 8 nitrogen and oxygen atoms in total. The van der Waals surface area contributed by atoms with Crippen LogP contribution < -0.4 is 14.4 Å². The van der Waals surface area contributed by atoms with Gasteiger partial charge in [-0.25, -0.2) is 8.42 Å². The Morgan fingerprint density at radius 1 is 0.900 bits per heavy atom. The molecule has 0 spiro atoms. The summed E-state index contributed by atoms with van der Waals surface area (Å²) in [5, 5.41) is 2.89. The molecule has 3 rings (SSSR count). The van der Waals surface area contributed by atoms with Crippen molar-refractivity contribution in [3.63, 3.8) is 0 Å². The molecule has 3 aromatic rings. The number of methoxy groups -OCH3 is 1. The van der Waals surface area contributed by atoms with E-state index in [1.165, 1.54) is 17.0 Å². The Morgan fingerprint density at radius 3 is 2.12 bits per heavy atom. The second-order valence-corrected chi connectivity index (χ2v) is 12.2. The number of amides is 2. The summed E-state index contributed by atoms with van der Waals surface area (Å²) in [7, 11) is -2.53. The molecule has 1 unspecified atom stereocenters. The molecule has 0 saturated heterocycles. The maximum Gasteiger partial charge on any atom is 0.264 e. The fraction of sp³-hybridized carbons (Fsp3) is 0.355. The first-order chi connectivity index (χ1) is 18.9. The summed E-state index contributed by atoms with van der Waals surface area (Å²) in [5.74, 6) is 0.0942. The summed E-state index contributed by atoms with van der Waals surface area (Å²) in [4.78, 5) is 28.6. The van der Waals surface area contributed by atoms with Crippen LogP contribution in [0.3, 0.4) is 0 Å². The maximum atomic E-state index is 14.0. The van der Waals surface area contributed by atoms with Gasteiger partial charge in [-0.15, -0.1) is 0 Å². The Labute approximate surface area is 238 Å². The number of rotatable bonds is 12. The zero-order valence-electron chi connectivity index (χ0n) is 24.0. The van der Waals surface area contributed by atoms with Crippen LogP contribution in [0.2, 0.25) is 0 Å². The van der Waals surface area contributed by atoms with Crippen LogP contribution in [0.5, 0.6) is 5.75 Å². The van der Waals surface area contributed by atoms with E-state index in [0.29, 0.717) is 18.0 Å². The lowest BCUT2D eigenvalue weighted by atomic mass is 10.1. The smallest absolute Gasteiger partial charge is 0.264 e. The molecule has 3 aromatic carbocycles. The fourth-order valence-corrected chi connectivity index (χ4v) is 5.52.